The number of rotatable bonds is 16. The molecule has 0 aliphatic rings. The highest BCUT2D eigenvalue weighted by molar-refractivity contribution is 5.68. The third-order valence-electron chi connectivity index (χ3n) is 5.05. The maximum absolute atomic E-state index is 12.1. The van der Waals surface area contributed by atoms with Crippen LogP contribution in [0.2, 0.25) is 0 Å². The van der Waals surface area contributed by atoms with E-state index in [1.165, 1.54) is 0 Å². The Bertz CT molecular complexity index is 679. The summed E-state index contributed by atoms with van der Waals surface area (Å²) < 4.78 is 16.0. The van der Waals surface area contributed by atoms with Gasteiger partial charge in [-0.3, -0.25) is 4.90 Å². The molecule has 0 bridgehead atoms. The van der Waals surface area contributed by atoms with E-state index in [-0.39, 0.29) is 6.04 Å². The standard InChI is InChI=1S/C28H57N5O6/c1-11-12-13-14-22(29-15-16-30-23(34)37-26(2,3)4)21-33(19-17-31-24(35)38-27(5,6)7)20-18-32-25(36)39-28(8,9)10/h22,29H,11-21H2,1-10H3,(H,30,34)(H,31,35)(H,32,36). The van der Waals surface area contributed by atoms with Crippen molar-refractivity contribution < 1.29 is 28.6 Å². The zero-order valence-corrected chi connectivity index (χ0v) is 26.3. The van der Waals surface area contributed by atoms with E-state index in [4.69, 9.17) is 14.2 Å². The fraction of sp³-hybridized carbons (Fsp3) is 0.893. The van der Waals surface area contributed by atoms with Crippen LogP contribution in [0.1, 0.15) is 94.9 Å². The average Bonchev–Trinajstić information content (AvgIpc) is 2.72. The number of unbranched alkanes of at least 4 members (excludes halogenated alkanes) is 2. The molecule has 11 heteroatoms. The summed E-state index contributed by atoms with van der Waals surface area (Å²) in [7, 11) is 0. The summed E-state index contributed by atoms with van der Waals surface area (Å²) in [5, 5.41) is 12.0. The van der Waals surface area contributed by atoms with Gasteiger partial charge < -0.3 is 35.5 Å². The molecule has 0 radical (unpaired) electrons. The largest absolute Gasteiger partial charge is 0.444 e. The Hall–Kier alpha value is -2.27. The minimum absolute atomic E-state index is 0.167. The van der Waals surface area contributed by atoms with Crippen molar-refractivity contribution in [1.82, 2.24) is 26.2 Å². The molecule has 0 aromatic heterocycles. The van der Waals surface area contributed by atoms with E-state index in [0.717, 1.165) is 25.7 Å². The molecule has 0 aliphatic carbocycles. The van der Waals surface area contributed by atoms with Crippen LogP contribution in [0.5, 0.6) is 0 Å². The first-order valence-corrected chi connectivity index (χ1v) is 14.3. The van der Waals surface area contributed by atoms with E-state index < -0.39 is 35.1 Å². The van der Waals surface area contributed by atoms with E-state index in [9.17, 15) is 14.4 Å². The number of nitrogens with one attached hydrogen (secondary N) is 4. The van der Waals surface area contributed by atoms with E-state index in [1.807, 2.05) is 62.3 Å². The maximum Gasteiger partial charge on any atom is 0.407 e. The van der Waals surface area contributed by atoms with Gasteiger partial charge >= 0.3 is 18.3 Å². The predicted octanol–water partition coefficient (Wildman–Crippen LogP) is 4.40. The van der Waals surface area contributed by atoms with Gasteiger partial charge in [-0.25, -0.2) is 14.4 Å². The molecule has 11 nitrogen and oxygen atoms in total. The van der Waals surface area contributed by atoms with Crippen LogP contribution in [-0.2, 0) is 14.2 Å². The number of carbonyl (C=O) groups excluding carboxylic acids is 3. The molecule has 0 aliphatic heterocycles. The van der Waals surface area contributed by atoms with Gasteiger partial charge in [0.15, 0.2) is 0 Å². The molecule has 0 heterocycles. The molecule has 0 aromatic rings. The monoisotopic (exact) mass is 559 g/mol. The lowest BCUT2D eigenvalue weighted by Gasteiger charge is -2.29. The summed E-state index contributed by atoms with van der Waals surface area (Å²) in [5.41, 5.74) is -1.67. The van der Waals surface area contributed by atoms with Gasteiger partial charge in [0.2, 0.25) is 0 Å². The maximum atomic E-state index is 12.1. The van der Waals surface area contributed by atoms with Crippen molar-refractivity contribution >= 4 is 18.3 Å². The molecule has 0 rings (SSSR count). The van der Waals surface area contributed by atoms with Gasteiger partial charge in [0.25, 0.3) is 0 Å². The second-order valence-corrected chi connectivity index (χ2v) is 12.7. The van der Waals surface area contributed by atoms with Crippen LogP contribution >= 0.6 is 0 Å². The number of amides is 3. The fourth-order valence-electron chi connectivity index (χ4n) is 3.52. The Morgan fingerprint density at radius 3 is 1.44 bits per heavy atom. The molecule has 0 fully saturated rings. The van der Waals surface area contributed by atoms with Gasteiger partial charge in [0.05, 0.1) is 0 Å². The predicted molar refractivity (Wildman–Crippen MR) is 155 cm³/mol. The summed E-state index contributed by atoms with van der Waals surface area (Å²) in [5.74, 6) is 0. The van der Waals surface area contributed by atoms with Crippen LogP contribution in [0.3, 0.4) is 0 Å². The summed E-state index contributed by atoms with van der Waals surface area (Å²) in [6.45, 7) is 22.3. The highest BCUT2D eigenvalue weighted by Crippen LogP contribution is 2.09. The van der Waals surface area contributed by atoms with Gasteiger partial charge in [-0.15, -0.1) is 0 Å². The van der Waals surface area contributed by atoms with Crippen LogP contribution in [0, 0.1) is 0 Å². The smallest absolute Gasteiger partial charge is 0.407 e. The third kappa shape index (κ3) is 24.5. The molecule has 0 spiro atoms. The average molecular weight is 560 g/mol. The van der Waals surface area contributed by atoms with Crippen molar-refractivity contribution in [3.63, 3.8) is 0 Å². The van der Waals surface area contributed by atoms with Crippen LogP contribution in [0.25, 0.3) is 0 Å². The van der Waals surface area contributed by atoms with Gasteiger partial charge in [0.1, 0.15) is 16.8 Å². The number of alkyl carbamates (subject to hydrolysis) is 3. The van der Waals surface area contributed by atoms with Crippen LogP contribution in [0.15, 0.2) is 0 Å². The van der Waals surface area contributed by atoms with E-state index in [2.05, 4.69) is 33.1 Å². The Kier molecular flexibility index (Phi) is 17.1. The lowest BCUT2D eigenvalue weighted by molar-refractivity contribution is 0.0506. The summed E-state index contributed by atoms with van der Waals surface area (Å²) in [4.78, 5) is 38.4. The van der Waals surface area contributed by atoms with Crippen LogP contribution < -0.4 is 21.3 Å². The number of hydrogen-bond acceptors (Lipinski definition) is 8. The molecule has 0 aromatic carbocycles. The van der Waals surface area contributed by atoms with Crippen LogP contribution in [-0.4, -0.2) is 91.8 Å². The topological polar surface area (TPSA) is 130 Å². The minimum atomic E-state index is -0.567. The highest BCUT2D eigenvalue weighted by Gasteiger charge is 2.20. The van der Waals surface area contributed by atoms with E-state index in [0.29, 0.717) is 45.8 Å². The molecule has 4 N–H and O–H groups in total. The Balaban J connectivity index is 5.06. The van der Waals surface area contributed by atoms with Crippen molar-refractivity contribution in [3.05, 3.63) is 0 Å². The molecule has 0 saturated heterocycles. The zero-order valence-electron chi connectivity index (χ0n) is 26.3. The first-order chi connectivity index (χ1) is 17.9. The minimum Gasteiger partial charge on any atom is -0.444 e. The van der Waals surface area contributed by atoms with Gasteiger partial charge in [0, 0.05) is 51.9 Å². The number of carbonyl (C=O) groups is 3. The third-order valence-corrected chi connectivity index (χ3v) is 5.05. The molecule has 0 saturated carbocycles. The van der Waals surface area contributed by atoms with Crippen LogP contribution in [0.4, 0.5) is 14.4 Å². The summed E-state index contributed by atoms with van der Waals surface area (Å²) in [6, 6.07) is 0.167. The SMILES string of the molecule is CCCCCC(CN(CCNC(=O)OC(C)(C)C)CCNC(=O)OC(C)(C)C)NCCNC(=O)OC(C)(C)C. The van der Waals surface area contributed by atoms with Crippen molar-refractivity contribution in [1.29, 1.82) is 0 Å². The van der Waals surface area contributed by atoms with Crippen molar-refractivity contribution in [2.45, 2.75) is 118 Å². The van der Waals surface area contributed by atoms with Gasteiger partial charge in [-0.2, -0.15) is 0 Å². The Labute approximate surface area is 236 Å². The second kappa shape index (κ2) is 18.1. The summed E-state index contributed by atoms with van der Waals surface area (Å²) >= 11 is 0. The number of ether oxygens (including phenoxy) is 3. The first kappa shape index (κ1) is 36.7. The first-order valence-electron chi connectivity index (χ1n) is 14.3. The van der Waals surface area contributed by atoms with E-state index >= 15 is 0 Å². The molecular weight excluding hydrogens is 502 g/mol. The second-order valence-electron chi connectivity index (χ2n) is 12.7. The Morgan fingerprint density at radius 2 is 1.05 bits per heavy atom. The summed E-state index contributed by atoms with van der Waals surface area (Å²) in [6.07, 6.45) is 2.95. The fourth-order valence-corrected chi connectivity index (χ4v) is 3.52. The van der Waals surface area contributed by atoms with Gasteiger partial charge in [-0.1, -0.05) is 26.2 Å². The normalized spacial score (nSPS) is 13.0. The number of nitrogens with zero attached hydrogens (tertiary/aromatic N) is 1. The van der Waals surface area contributed by atoms with E-state index in [1.54, 1.807) is 0 Å². The lowest BCUT2D eigenvalue weighted by atomic mass is 10.1. The lowest BCUT2D eigenvalue weighted by Crippen LogP contribution is -2.48. The zero-order chi connectivity index (χ0) is 30.1. The van der Waals surface area contributed by atoms with Crippen molar-refractivity contribution in [2.24, 2.45) is 0 Å². The molecule has 39 heavy (non-hydrogen) atoms. The van der Waals surface area contributed by atoms with Crippen molar-refractivity contribution in [3.8, 4) is 0 Å². The molecule has 1 unspecified atom stereocenters. The Morgan fingerprint density at radius 1 is 0.641 bits per heavy atom. The number of hydrogen-bond donors (Lipinski definition) is 4. The molecule has 1 atom stereocenters. The van der Waals surface area contributed by atoms with Gasteiger partial charge in [-0.05, 0) is 68.7 Å². The quantitative estimate of drug-likeness (QED) is 0.162. The highest BCUT2D eigenvalue weighted by atomic mass is 16.6. The molecule has 3 amide bonds. The molecule has 230 valence electrons. The van der Waals surface area contributed by atoms with Crippen molar-refractivity contribution in [2.75, 3.05) is 45.8 Å². The molecular formula is C28H57N5O6.